The van der Waals surface area contributed by atoms with Crippen LogP contribution in [-0.4, -0.2) is 34.2 Å². The van der Waals surface area contributed by atoms with Crippen molar-refractivity contribution in [2.24, 2.45) is 0 Å². The normalized spacial score (nSPS) is 13.3. The van der Waals surface area contributed by atoms with E-state index in [4.69, 9.17) is 4.74 Å². The Balaban J connectivity index is 1.55. The number of aryl methyl sites for hydroxylation is 3. The Morgan fingerprint density at radius 1 is 1.28 bits per heavy atom. The number of carbonyl (C=O) groups excluding carboxylic acids is 1. The van der Waals surface area contributed by atoms with Crippen LogP contribution in [-0.2, 0) is 24.1 Å². The van der Waals surface area contributed by atoms with Gasteiger partial charge in [-0.25, -0.2) is 9.78 Å². The molecule has 2 aromatic heterocycles. The Morgan fingerprint density at radius 2 is 2.10 bits per heavy atom. The molecular formula is C22H26N4O3. The zero-order valence-corrected chi connectivity index (χ0v) is 16.9. The van der Waals surface area contributed by atoms with Gasteiger partial charge in [0.25, 0.3) is 5.56 Å². The van der Waals surface area contributed by atoms with E-state index < -0.39 is 0 Å². The quantitative estimate of drug-likeness (QED) is 0.495. The van der Waals surface area contributed by atoms with Gasteiger partial charge >= 0.3 is 5.97 Å². The maximum Gasteiger partial charge on any atom is 0.337 e. The maximum atomic E-state index is 12.0. The van der Waals surface area contributed by atoms with Crippen LogP contribution >= 0.6 is 0 Å². The van der Waals surface area contributed by atoms with Crippen LogP contribution in [0.3, 0.4) is 0 Å². The third kappa shape index (κ3) is 3.90. The van der Waals surface area contributed by atoms with Gasteiger partial charge in [-0.05, 0) is 62.8 Å². The van der Waals surface area contributed by atoms with Crippen LogP contribution in [0.2, 0.25) is 0 Å². The first-order chi connectivity index (χ1) is 14.1. The Bertz CT molecular complexity index is 1110. The molecule has 1 aromatic carbocycles. The lowest BCUT2D eigenvalue weighted by Gasteiger charge is -2.16. The molecule has 7 heteroatoms. The Morgan fingerprint density at radius 3 is 2.90 bits per heavy atom. The smallest absolute Gasteiger partial charge is 0.337 e. The number of nitrogens with zero attached hydrogens (tertiary/aromatic N) is 2. The summed E-state index contributed by atoms with van der Waals surface area (Å²) in [6, 6.07) is 7.34. The van der Waals surface area contributed by atoms with Gasteiger partial charge in [0.05, 0.1) is 12.7 Å². The van der Waals surface area contributed by atoms with Crippen LogP contribution < -0.4 is 10.9 Å². The molecule has 0 spiro atoms. The Hall–Kier alpha value is -3.09. The second-order valence-corrected chi connectivity index (χ2v) is 7.50. The summed E-state index contributed by atoms with van der Waals surface area (Å²) in [5.41, 5.74) is 4.39. The molecule has 0 saturated heterocycles. The van der Waals surface area contributed by atoms with Crippen molar-refractivity contribution in [1.82, 2.24) is 14.5 Å². The number of benzene rings is 1. The van der Waals surface area contributed by atoms with Gasteiger partial charge in [-0.1, -0.05) is 0 Å². The van der Waals surface area contributed by atoms with E-state index in [1.54, 1.807) is 6.92 Å². The second kappa shape index (κ2) is 8.11. The van der Waals surface area contributed by atoms with Gasteiger partial charge in [0.15, 0.2) is 0 Å². The van der Waals surface area contributed by atoms with Crippen molar-refractivity contribution in [1.29, 1.82) is 0 Å². The lowest BCUT2D eigenvalue weighted by molar-refractivity contribution is 0.0601. The highest BCUT2D eigenvalue weighted by molar-refractivity contribution is 5.96. The van der Waals surface area contributed by atoms with Gasteiger partial charge in [0.1, 0.15) is 11.6 Å². The number of H-pyrrole nitrogens is 1. The number of nitrogens with one attached hydrogen (secondary N) is 2. The fourth-order valence-corrected chi connectivity index (χ4v) is 4.26. The van der Waals surface area contributed by atoms with E-state index in [-0.39, 0.29) is 11.5 Å². The summed E-state index contributed by atoms with van der Waals surface area (Å²) in [7, 11) is 1.41. The number of hydrogen-bond donors (Lipinski definition) is 2. The van der Waals surface area contributed by atoms with E-state index >= 15 is 0 Å². The molecule has 0 saturated carbocycles. The zero-order valence-electron chi connectivity index (χ0n) is 16.9. The molecule has 1 aliphatic rings. The monoisotopic (exact) mass is 394 g/mol. The number of aromatic nitrogens is 3. The number of fused-ring (bicyclic) bond motifs is 3. The van der Waals surface area contributed by atoms with Crippen LogP contribution in [0.5, 0.6) is 0 Å². The van der Waals surface area contributed by atoms with Crippen molar-refractivity contribution in [2.75, 3.05) is 19.0 Å². The van der Waals surface area contributed by atoms with Crippen LogP contribution in [0.4, 0.5) is 5.82 Å². The number of anilines is 1. The van der Waals surface area contributed by atoms with E-state index in [0.717, 1.165) is 32.4 Å². The second-order valence-electron chi connectivity index (χ2n) is 7.50. The molecule has 0 bridgehead atoms. The molecule has 4 rings (SSSR count). The standard InChI is InChI=1S/C22H26N4O3/c1-14-24-20(13-21(27)25-14)23-10-5-11-26-18-7-4-3-6-16(18)17-12-15(22(28)29-2)8-9-19(17)26/h8-9,12-13H,3-7,10-11H2,1-2H3,(H2,23,24,25,27). The number of hydrogen-bond acceptors (Lipinski definition) is 5. The first kappa shape index (κ1) is 19.2. The highest BCUT2D eigenvalue weighted by Crippen LogP contribution is 2.33. The van der Waals surface area contributed by atoms with Gasteiger partial charge in [-0.2, -0.15) is 0 Å². The molecule has 0 radical (unpaired) electrons. The number of esters is 1. The lowest BCUT2D eigenvalue weighted by Crippen LogP contribution is -2.14. The minimum Gasteiger partial charge on any atom is -0.465 e. The predicted molar refractivity (Wildman–Crippen MR) is 113 cm³/mol. The van der Waals surface area contributed by atoms with Crippen molar-refractivity contribution < 1.29 is 9.53 Å². The van der Waals surface area contributed by atoms with E-state index in [9.17, 15) is 9.59 Å². The summed E-state index contributed by atoms with van der Waals surface area (Å²) in [5, 5.41) is 4.41. The summed E-state index contributed by atoms with van der Waals surface area (Å²) < 4.78 is 7.28. The third-order valence-corrected chi connectivity index (χ3v) is 5.52. The largest absolute Gasteiger partial charge is 0.465 e. The van der Waals surface area contributed by atoms with E-state index in [1.807, 2.05) is 18.2 Å². The molecule has 0 fully saturated rings. The summed E-state index contributed by atoms with van der Waals surface area (Å²) in [5.74, 6) is 0.911. The lowest BCUT2D eigenvalue weighted by atomic mass is 9.95. The Labute approximate surface area is 169 Å². The number of ether oxygens (including phenoxy) is 1. The molecule has 29 heavy (non-hydrogen) atoms. The van der Waals surface area contributed by atoms with Gasteiger partial charge in [-0.3, -0.25) is 4.79 Å². The average Bonchev–Trinajstić information content (AvgIpc) is 3.03. The average molecular weight is 394 g/mol. The summed E-state index contributed by atoms with van der Waals surface area (Å²) in [4.78, 5) is 30.5. The molecular weight excluding hydrogens is 368 g/mol. The number of methoxy groups -OCH3 is 1. The molecule has 0 amide bonds. The molecule has 7 nitrogen and oxygen atoms in total. The molecule has 0 aliphatic heterocycles. The van der Waals surface area contributed by atoms with Crippen molar-refractivity contribution in [2.45, 2.75) is 45.6 Å². The van der Waals surface area contributed by atoms with Gasteiger partial charge in [0.2, 0.25) is 0 Å². The van der Waals surface area contributed by atoms with Crippen molar-refractivity contribution >= 4 is 22.7 Å². The minimum atomic E-state index is -0.297. The fraction of sp³-hybridized carbons (Fsp3) is 0.409. The number of carbonyl (C=O) groups is 1. The molecule has 152 valence electrons. The molecule has 2 N–H and O–H groups in total. The van der Waals surface area contributed by atoms with E-state index in [2.05, 4.69) is 19.9 Å². The topological polar surface area (TPSA) is 89.0 Å². The van der Waals surface area contributed by atoms with Crippen LogP contribution in [0.15, 0.2) is 29.1 Å². The maximum absolute atomic E-state index is 12.0. The predicted octanol–water partition coefficient (Wildman–Crippen LogP) is 3.20. The minimum absolute atomic E-state index is 0.146. The number of rotatable bonds is 6. The molecule has 3 aromatic rings. The van der Waals surface area contributed by atoms with E-state index in [0.29, 0.717) is 17.2 Å². The van der Waals surface area contributed by atoms with E-state index in [1.165, 1.54) is 48.2 Å². The highest BCUT2D eigenvalue weighted by Gasteiger charge is 2.21. The van der Waals surface area contributed by atoms with Gasteiger partial charge in [0, 0.05) is 35.8 Å². The van der Waals surface area contributed by atoms with Crippen molar-refractivity contribution in [3.8, 4) is 0 Å². The summed E-state index contributed by atoms with van der Waals surface area (Å²) in [6.07, 6.45) is 5.41. The van der Waals surface area contributed by atoms with Crippen LogP contribution in [0, 0.1) is 6.92 Å². The summed E-state index contributed by atoms with van der Waals surface area (Å²) in [6.45, 7) is 3.37. The summed E-state index contributed by atoms with van der Waals surface area (Å²) >= 11 is 0. The highest BCUT2D eigenvalue weighted by atomic mass is 16.5. The Kier molecular flexibility index (Phi) is 5.38. The molecule has 0 unspecified atom stereocenters. The number of aromatic amines is 1. The van der Waals surface area contributed by atoms with Crippen LogP contribution in [0.1, 0.15) is 46.7 Å². The molecule has 2 heterocycles. The third-order valence-electron chi connectivity index (χ3n) is 5.52. The van der Waals surface area contributed by atoms with Crippen LogP contribution in [0.25, 0.3) is 10.9 Å². The van der Waals surface area contributed by atoms with Crippen molar-refractivity contribution in [3.05, 3.63) is 57.3 Å². The van der Waals surface area contributed by atoms with Crippen molar-refractivity contribution in [3.63, 3.8) is 0 Å². The first-order valence-electron chi connectivity index (χ1n) is 10.1. The van der Waals surface area contributed by atoms with Gasteiger partial charge < -0.3 is 19.6 Å². The zero-order chi connectivity index (χ0) is 20.4. The SMILES string of the molecule is COC(=O)c1ccc2c(c1)c1c(n2CCCNc2cc(=O)[nH]c(C)n2)CCCC1. The molecule has 0 atom stereocenters. The first-order valence-corrected chi connectivity index (χ1v) is 10.1. The fourth-order valence-electron chi connectivity index (χ4n) is 4.26. The van der Waals surface area contributed by atoms with Gasteiger partial charge in [-0.15, -0.1) is 0 Å². The molecule has 1 aliphatic carbocycles.